The highest BCUT2D eigenvalue weighted by Crippen LogP contribution is 2.11. The highest BCUT2D eigenvalue weighted by Gasteiger charge is 2.08. The van der Waals surface area contributed by atoms with Crippen molar-refractivity contribution >= 4 is 15.4 Å². The number of aryl methyl sites for hydroxylation is 1. The molecule has 0 unspecified atom stereocenters. The van der Waals surface area contributed by atoms with Gasteiger partial charge >= 0.3 is 9.28 Å². The predicted octanol–water partition coefficient (Wildman–Crippen LogP) is 2.78. The van der Waals surface area contributed by atoms with Gasteiger partial charge in [-0.05, 0) is 30.0 Å². The van der Waals surface area contributed by atoms with Crippen molar-refractivity contribution in [3.05, 3.63) is 42.0 Å². The van der Waals surface area contributed by atoms with Gasteiger partial charge in [0.15, 0.2) is 0 Å². The summed E-state index contributed by atoms with van der Waals surface area (Å²) >= 11 is 0. The minimum absolute atomic E-state index is 1.06. The monoisotopic (exact) mass is 236 g/mol. The molecule has 16 heavy (non-hydrogen) atoms. The fraction of sp³-hybridized carbons (Fsp3) is 0.385. The van der Waals surface area contributed by atoms with E-state index in [9.17, 15) is 0 Å². The maximum absolute atomic E-state index is 5.28. The minimum atomic E-state index is -1.37. The van der Waals surface area contributed by atoms with Crippen molar-refractivity contribution in [1.82, 2.24) is 0 Å². The Kier molecular flexibility index (Phi) is 6.07. The van der Waals surface area contributed by atoms with Crippen LogP contribution in [-0.4, -0.2) is 23.5 Å². The van der Waals surface area contributed by atoms with Gasteiger partial charge in [0.25, 0.3) is 0 Å². The van der Waals surface area contributed by atoms with Crippen molar-refractivity contribution in [3.8, 4) is 0 Å². The second-order valence-electron chi connectivity index (χ2n) is 3.74. The molecule has 0 amide bonds. The van der Waals surface area contributed by atoms with E-state index in [1.54, 1.807) is 14.2 Å². The van der Waals surface area contributed by atoms with Crippen LogP contribution < -0.4 is 0 Å². The lowest BCUT2D eigenvalue weighted by Gasteiger charge is -2.10. The molecule has 0 saturated carbocycles. The third-order valence-electron chi connectivity index (χ3n) is 2.62. The number of hydrogen-bond acceptors (Lipinski definition) is 2. The van der Waals surface area contributed by atoms with Crippen molar-refractivity contribution in [2.45, 2.75) is 18.9 Å². The summed E-state index contributed by atoms with van der Waals surface area (Å²) in [5, 5.41) is 0. The summed E-state index contributed by atoms with van der Waals surface area (Å²) in [6.45, 7) is 3.77. The second-order valence-corrected chi connectivity index (χ2v) is 6.12. The largest absolute Gasteiger partial charge is 0.400 e. The maximum atomic E-state index is 5.28. The van der Waals surface area contributed by atoms with Crippen LogP contribution in [0.3, 0.4) is 0 Å². The fourth-order valence-corrected chi connectivity index (χ4v) is 2.88. The van der Waals surface area contributed by atoms with Crippen LogP contribution in [0.25, 0.3) is 6.08 Å². The molecule has 0 bridgehead atoms. The Hall–Kier alpha value is -0.903. The Morgan fingerprint density at radius 3 is 2.69 bits per heavy atom. The van der Waals surface area contributed by atoms with Crippen molar-refractivity contribution in [1.29, 1.82) is 0 Å². The van der Waals surface area contributed by atoms with Crippen LogP contribution in [0.4, 0.5) is 0 Å². The molecule has 88 valence electrons. The molecule has 0 heterocycles. The van der Waals surface area contributed by atoms with Crippen LogP contribution in [0, 0.1) is 0 Å². The molecule has 0 aromatic heterocycles. The molecule has 0 aliphatic rings. The van der Waals surface area contributed by atoms with E-state index in [1.807, 2.05) is 6.08 Å². The summed E-state index contributed by atoms with van der Waals surface area (Å²) in [7, 11) is 2.10. The van der Waals surface area contributed by atoms with E-state index in [0.29, 0.717) is 0 Å². The van der Waals surface area contributed by atoms with Crippen LogP contribution in [-0.2, 0) is 15.3 Å². The summed E-state index contributed by atoms with van der Waals surface area (Å²) in [5.74, 6) is 0. The van der Waals surface area contributed by atoms with E-state index >= 15 is 0 Å². The average molecular weight is 236 g/mol. The van der Waals surface area contributed by atoms with Crippen molar-refractivity contribution in [3.63, 3.8) is 0 Å². The standard InChI is InChI=1S/C13H20O2Si/c1-4-12-7-5-8-13(11-12)9-6-10-16(14-2)15-3/h4-5,7-8,11,16H,1,6,9-10H2,2-3H3. The summed E-state index contributed by atoms with van der Waals surface area (Å²) < 4.78 is 10.6. The first-order chi connectivity index (χ1) is 7.80. The molecular weight excluding hydrogens is 216 g/mol. The van der Waals surface area contributed by atoms with Gasteiger partial charge in [-0.2, -0.15) is 0 Å². The van der Waals surface area contributed by atoms with Gasteiger partial charge in [0.05, 0.1) is 0 Å². The molecule has 0 saturated heterocycles. The quantitative estimate of drug-likeness (QED) is 0.678. The average Bonchev–Trinajstić information content (AvgIpc) is 2.35. The van der Waals surface area contributed by atoms with Gasteiger partial charge in [0, 0.05) is 14.2 Å². The zero-order valence-corrected chi connectivity index (χ0v) is 11.3. The van der Waals surface area contributed by atoms with Crippen molar-refractivity contribution < 1.29 is 8.85 Å². The molecule has 1 aromatic carbocycles. The smallest absolute Gasteiger partial charge is 0.320 e. The topological polar surface area (TPSA) is 18.5 Å². The third-order valence-corrected chi connectivity index (χ3v) is 4.55. The van der Waals surface area contributed by atoms with Crippen LogP contribution in [0.5, 0.6) is 0 Å². The first-order valence-electron chi connectivity index (χ1n) is 5.57. The van der Waals surface area contributed by atoms with E-state index in [4.69, 9.17) is 8.85 Å². The van der Waals surface area contributed by atoms with E-state index in [-0.39, 0.29) is 0 Å². The Morgan fingerprint density at radius 1 is 1.31 bits per heavy atom. The Balaban J connectivity index is 2.39. The first-order valence-corrected chi connectivity index (χ1v) is 7.33. The van der Waals surface area contributed by atoms with Gasteiger partial charge in [-0.15, -0.1) is 0 Å². The summed E-state index contributed by atoms with van der Waals surface area (Å²) in [6, 6.07) is 9.55. The minimum Gasteiger partial charge on any atom is -0.400 e. The van der Waals surface area contributed by atoms with Gasteiger partial charge in [0.1, 0.15) is 0 Å². The summed E-state index contributed by atoms with van der Waals surface area (Å²) in [4.78, 5) is 0. The molecule has 3 heteroatoms. The van der Waals surface area contributed by atoms with Crippen LogP contribution >= 0.6 is 0 Å². The Labute approximate surface area is 99.7 Å². The van der Waals surface area contributed by atoms with E-state index < -0.39 is 9.28 Å². The number of benzene rings is 1. The molecule has 1 aromatic rings. The molecule has 0 atom stereocenters. The second kappa shape index (κ2) is 7.38. The summed E-state index contributed by atoms with van der Waals surface area (Å²) in [6.07, 6.45) is 4.09. The summed E-state index contributed by atoms with van der Waals surface area (Å²) in [5.41, 5.74) is 2.54. The normalized spacial score (nSPS) is 10.7. The van der Waals surface area contributed by atoms with Crippen LogP contribution in [0.1, 0.15) is 17.5 Å². The highest BCUT2D eigenvalue weighted by molar-refractivity contribution is 6.44. The van der Waals surface area contributed by atoms with Crippen molar-refractivity contribution in [2.75, 3.05) is 14.2 Å². The predicted molar refractivity (Wildman–Crippen MR) is 70.8 cm³/mol. The zero-order valence-electron chi connectivity index (χ0n) is 10.1. The molecule has 0 N–H and O–H groups in total. The van der Waals surface area contributed by atoms with E-state index in [1.165, 1.54) is 11.1 Å². The van der Waals surface area contributed by atoms with Crippen LogP contribution in [0.2, 0.25) is 6.04 Å². The van der Waals surface area contributed by atoms with Gasteiger partial charge in [-0.1, -0.05) is 36.9 Å². The van der Waals surface area contributed by atoms with Gasteiger partial charge < -0.3 is 8.85 Å². The molecular formula is C13H20O2Si. The lowest BCUT2D eigenvalue weighted by molar-refractivity contribution is 0.276. The number of hydrogen-bond donors (Lipinski definition) is 0. The third kappa shape index (κ3) is 4.31. The van der Waals surface area contributed by atoms with Crippen LogP contribution in [0.15, 0.2) is 30.8 Å². The van der Waals surface area contributed by atoms with E-state index in [2.05, 4.69) is 30.8 Å². The first kappa shape index (κ1) is 13.2. The van der Waals surface area contributed by atoms with Gasteiger partial charge in [0.2, 0.25) is 0 Å². The SMILES string of the molecule is C=Cc1cccc(CCC[SiH](OC)OC)c1. The lowest BCUT2D eigenvalue weighted by Crippen LogP contribution is -2.18. The van der Waals surface area contributed by atoms with Gasteiger partial charge in [-0.3, -0.25) is 0 Å². The molecule has 0 fully saturated rings. The molecule has 0 radical (unpaired) electrons. The van der Waals surface area contributed by atoms with E-state index in [0.717, 1.165) is 18.9 Å². The molecule has 0 aliphatic carbocycles. The van der Waals surface area contributed by atoms with Crippen molar-refractivity contribution in [2.24, 2.45) is 0 Å². The highest BCUT2D eigenvalue weighted by atomic mass is 28.3. The molecule has 2 nitrogen and oxygen atoms in total. The Bertz CT molecular complexity index is 321. The molecule has 1 rings (SSSR count). The lowest BCUT2D eigenvalue weighted by atomic mass is 10.1. The molecule has 0 spiro atoms. The molecule has 0 aliphatic heterocycles. The zero-order chi connectivity index (χ0) is 11.8. The van der Waals surface area contributed by atoms with Gasteiger partial charge in [-0.25, -0.2) is 0 Å². The number of rotatable bonds is 7. The fourth-order valence-electron chi connectivity index (χ4n) is 1.68. The maximum Gasteiger partial charge on any atom is 0.320 e. The Morgan fingerprint density at radius 2 is 2.06 bits per heavy atom.